The zero-order chi connectivity index (χ0) is 15.3. The van der Waals surface area contributed by atoms with Crippen LogP contribution in [0.5, 0.6) is 11.5 Å². The zero-order valence-corrected chi connectivity index (χ0v) is 14.0. The van der Waals surface area contributed by atoms with Crippen molar-refractivity contribution in [1.29, 1.82) is 0 Å². The number of likely N-dealkylation sites (tertiary alicyclic amines) is 1. The van der Waals surface area contributed by atoms with Crippen molar-refractivity contribution in [3.8, 4) is 11.5 Å². The molecule has 0 N–H and O–H groups in total. The fraction of sp³-hybridized carbons (Fsp3) is 0.684. The molecule has 3 atom stereocenters. The van der Waals surface area contributed by atoms with Gasteiger partial charge in [-0.15, -0.1) is 0 Å². The van der Waals surface area contributed by atoms with Crippen LogP contribution in [-0.4, -0.2) is 38.8 Å². The van der Waals surface area contributed by atoms with E-state index in [1.807, 2.05) is 0 Å². The van der Waals surface area contributed by atoms with Crippen molar-refractivity contribution in [2.75, 3.05) is 27.8 Å². The van der Waals surface area contributed by atoms with Gasteiger partial charge in [0.05, 0.1) is 14.2 Å². The van der Waals surface area contributed by atoms with Crippen molar-refractivity contribution in [2.45, 2.75) is 50.0 Å². The van der Waals surface area contributed by atoms with Crippen LogP contribution in [-0.2, 0) is 11.8 Å². The van der Waals surface area contributed by atoms with E-state index in [1.54, 1.807) is 14.2 Å². The van der Waals surface area contributed by atoms with Crippen molar-refractivity contribution in [3.63, 3.8) is 0 Å². The molecule has 2 aliphatic carbocycles. The van der Waals surface area contributed by atoms with Crippen LogP contribution >= 0.6 is 0 Å². The number of piperidine rings is 1. The fourth-order valence-corrected chi connectivity index (χ4v) is 5.63. The lowest BCUT2D eigenvalue weighted by atomic mass is 9.52. The van der Waals surface area contributed by atoms with Gasteiger partial charge in [-0.2, -0.15) is 0 Å². The third-order valence-corrected chi connectivity index (χ3v) is 6.60. The molecule has 3 unspecified atom stereocenters. The molecule has 0 amide bonds. The summed E-state index contributed by atoms with van der Waals surface area (Å²) in [7, 11) is 5.86. The van der Waals surface area contributed by atoms with Gasteiger partial charge in [0, 0.05) is 17.0 Å². The summed E-state index contributed by atoms with van der Waals surface area (Å²) in [6.45, 7) is 1.21. The first-order chi connectivity index (χ1) is 10.7. The average Bonchev–Trinajstić information content (AvgIpc) is 2.57. The third-order valence-electron chi connectivity index (χ3n) is 6.60. The minimum Gasteiger partial charge on any atom is -0.493 e. The SMILES string of the molecule is COc1ccc2c(c1OC)C13CCCCC1C(C2)N(C)CC3. The van der Waals surface area contributed by atoms with E-state index in [0.717, 1.165) is 17.4 Å². The predicted octanol–water partition coefficient (Wildman–Crippen LogP) is 3.39. The van der Waals surface area contributed by atoms with Gasteiger partial charge in [-0.05, 0) is 56.8 Å². The molecule has 1 heterocycles. The minimum absolute atomic E-state index is 0.322. The Morgan fingerprint density at radius 3 is 2.77 bits per heavy atom. The predicted molar refractivity (Wildman–Crippen MR) is 87.9 cm³/mol. The van der Waals surface area contributed by atoms with Crippen LogP contribution in [0, 0.1) is 5.92 Å². The van der Waals surface area contributed by atoms with Crippen molar-refractivity contribution in [1.82, 2.24) is 4.90 Å². The maximum atomic E-state index is 5.86. The number of rotatable bonds is 2. The summed E-state index contributed by atoms with van der Waals surface area (Å²) < 4.78 is 11.5. The second-order valence-corrected chi connectivity index (χ2v) is 7.35. The highest BCUT2D eigenvalue weighted by atomic mass is 16.5. The van der Waals surface area contributed by atoms with Gasteiger partial charge in [0.2, 0.25) is 0 Å². The van der Waals surface area contributed by atoms with Crippen LogP contribution in [0.15, 0.2) is 12.1 Å². The molecule has 1 aromatic carbocycles. The van der Waals surface area contributed by atoms with Gasteiger partial charge in [0.1, 0.15) is 0 Å². The van der Waals surface area contributed by atoms with E-state index >= 15 is 0 Å². The van der Waals surface area contributed by atoms with Crippen molar-refractivity contribution in [3.05, 3.63) is 23.3 Å². The van der Waals surface area contributed by atoms with E-state index in [1.165, 1.54) is 56.2 Å². The van der Waals surface area contributed by atoms with E-state index in [2.05, 4.69) is 24.1 Å². The molecule has 22 heavy (non-hydrogen) atoms. The fourth-order valence-electron chi connectivity index (χ4n) is 5.63. The summed E-state index contributed by atoms with van der Waals surface area (Å²) in [6, 6.07) is 5.09. The standard InChI is InChI=1S/C19H27NO2/c1-20-11-10-19-9-5-4-6-14(19)15(20)12-13-7-8-16(21-2)18(22-3)17(13)19/h7-8,14-15H,4-6,9-12H2,1-3H3. The summed E-state index contributed by atoms with van der Waals surface area (Å²) in [4.78, 5) is 2.61. The van der Waals surface area contributed by atoms with Crippen LogP contribution in [0.2, 0.25) is 0 Å². The van der Waals surface area contributed by atoms with Gasteiger partial charge < -0.3 is 14.4 Å². The lowest BCUT2D eigenvalue weighted by Gasteiger charge is -2.58. The number of methoxy groups -OCH3 is 2. The highest BCUT2D eigenvalue weighted by molar-refractivity contribution is 5.57. The number of ether oxygens (including phenoxy) is 2. The second kappa shape index (κ2) is 5.16. The summed E-state index contributed by atoms with van der Waals surface area (Å²) >= 11 is 0. The summed E-state index contributed by atoms with van der Waals surface area (Å²) in [5, 5.41) is 0. The molecule has 3 heteroatoms. The molecule has 0 aromatic heterocycles. The third kappa shape index (κ3) is 1.78. The molecule has 0 spiro atoms. The number of hydrogen-bond donors (Lipinski definition) is 0. The summed E-state index contributed by atoms with van der Waals surface area (Å²) in [5.74, 6) is 2.70. The first-order valence-electron chi connectivity index (χ1n) is 8.66. The van der Waals surface area contributed by atoms with Gasteiger partial charge in [0.25, 0.3) is 0 Å². The first kappa shape index (κ1) is 14.4. The molecule has 0 radical (unpaired) electrons. The first-order valence-corrected chi connectivity index (χ1v) is 8.66. The van der Waals surface area contributed by atoms with E-state index in [-0.39, 0.29) is 0 Å². The molecular weight excluding hydrogens is 274 g/mol. The molecular formula is C19H27NO2. The number of benzene rings is 1. The number of nitrogens with zero attached hydrogens (tertiary/aromatic N) is 1. The van der Waals surface area contributed by atoms with Gasteiger partial charge in [-0.3, -0.25) is 0 Å². The molecule has 3 aliphatic rings. The number of fused-ring (bicyclic) bond motifs is 1. The lowest BCUT2D eigenvalue weighted by Crippen LogP contribution is -2.59. The molecule has 4 rings (SSSR count). The van der Waals surface area contributed by atoms with E-state index < -0.39 is 0 Å². The molecule has 1 saturated carbocycles. The highest BCUT2D eigenvalue weighted by Crippen LogP contribution is 2.59. The Morgan fingerprint density at radius 1 is 1.14 bits per heavy atom. The van der Waals surface area contributed by atoms with Crippen LogP contribution in [0.3, 0.4) is 0 Å². The number of hydrogen-bond acceptors (Lipinski definition) is 3. The van der Waals surface area contributed by atoms with Crippen LogP contribution in [0.1, 0.15) is 43.2 Å². The normalized spacial score (nSPS) is 33.8. The van der Waals surface area contributed by atoms with E-state index in [9.17, 15) is 0 Å². The molecule has 1 aromatic rings. The van der Waals surface area contributed by atoms with Crippen LogP contribution in [0.4, 0.5) is 0 Å². The smallest absolute Gasteiger partial charge is 0.164 e. The Hall–Kier alpha value is -1.22. The topological polar surface area (TPSA) is 21.7 Å². The van der Waals surface area contributed by atoms with Gasteiger partial charge in [-0.25, -0.2) is 0 Å². The molecule has 3 nitrogen and oxygen atoms in total. The maximum Gasteiger partial charge on any atom is 0.164 e. The van der Waals surface area contributed by atoms with E-state index in [4.69, 9.17) is 9.47 Å². The van der Waals surface area contributed by atoms with Crippen molar-refractivity contribution >= 4 is 0 Å². The Labute approximate surface area is 133 Å². The van der Waals surface area contributed by atoms with Crippen molar-refractivity contribution < 1.29 is 9.47 Å². The zero-order valence-electron chi connectivity index (χ0n) is 14.0. The van der Waals surface area contributed by atoms with Crippen LogP contribution in [0.25, 0.3) is 0 Å². The van der Waals surface area contributed by atoms with Gasteiger partial charge >= 0.3 is 0 Å². The Kier molecular flexibility index (Phi) is 3.37. The second-order valence-electron chi connectivity index (χ2n) is 7.35. The Bertz CT molecular complexity index is 585. The van der Waals surface area contributed by atoms with Crippen LogP contribution < -0.4 is 9.47 Å². The lowest BCUT2D eigenvalue weighted by molar-refractivity contribution is 0.00129. The van der Waals surface area contributed by atoms with Crippen molar-refractivity contribution in [2.24, 2.45) is 5.92 Å². The Balaban J connectivity index is 1.94. The molecule has 1 aliphatic heterocycles. The largest absolute Gasteiger partial charge is 0.493 e. The monoisotopic (exact) mass is 301 g/mol. The maximum absolute atomic E-state index is 5.86. The molecule has 1 saturated heterocycles. The molecule has 2 fully saturated rings. The van der Waals surface area contributed by atoms with E-state index in [0.29, 0.717) is 11.5 Å². The quantitative estimate of drug-likeness (QED) is 0.836. The summed E-state index contributed by atoms with van der Waals surface area (Å²) in [5.41, 5.74) is 3.30. The molecule has 120 valence electrons. The summed E-state index contributed by atoms with van der Waals surface area (Å²) in [6.07, 6.45) is 7.86. The Morgan fingerprint density at radius 2 is 2.00 bits per heavy atom. The number of likely N-dealkylation sites (N-methyl/N-ethyl adjacent to an activating group) is 1. The van der Waals surface area contributed by atoms with Gasteiger partial charge in [-0.1, -0.05) is 18.9 Å². The molecule has 2 bridgehead atoms. The minimum atomic E-state index is 0.322. The van der Waals surface area contributed by atoms with Gasteiger partial charge in [0.15, 0.2) is 11.5 Å². The average molecular weight is 301 g/mol. The highest BCUT2D eigenvalue weighted by Gasteiger charge is 2.54.